The number of hydrogen-bond donors (Lipinski definition) is 3. The summed E-state index contributed by atoms with van der Waals surface area (Å²) < 4.78 is 0. The molecule has 6 heteroatoms. The van der Waals surface area contributed by atoms with Gasteiger partial charge in [0.15, 0.2) is 0 Å². The molecule has 0 radical (unpaired) electrons. The number of phenolic OH excluding ortho intramolecular Hbond substituents is 1. The van der Waals surface area contributed by atoms with E-state index < -0.39 is 0 Å². The van der Waals surface area contributed by atoms with E-state index in [4.69, 9.17) is 28.9 Å². The summed E-state index contributed by atoms with van der Waals surface area (Å²) in [7, 11) is 0. The zero-order chi connectivity index (χ0) is 14.7. The van der Waals surface area contributed by atoms with Crippen LogP contribution in [0, 0.1) is 0 Å². The van der Waals surface area contributed by atoms with E-state index >= 15 is 0 Å². The van der Waals surface area contributed by atoms with Crippen LogP contribution in [0.25, 0.3) is 0 Å². The number of nitrogens with two attached hydrogens (primary N) is 1. The Hall–Kier alpha value is -1.91. The van der Waals surface area contributed by atoms with E-state index in [9.17, 15) is 9.90 Å². The van der Waals surface area contributed by atoms with Crippen molar-refractivity contribution in [2.75, 3.05) is 5.73 Å². The Labute approximate surface area is 126 Å². The standard InChI is InChI=1S/C14H12Cl2N2O2/c15-10-5-9(6-11(16)13(10)17)14(20)18-7-8-3-1-2-4-12(8)19/h1-6,19H,7,17H2,(H,18,20). The lowest BCUT2D eigenvalue weighted by Crippen LogP contribution is -2.22. The fourth-order valence-electron chi connectivity index (χ4n) is 1.65. The van der Waals surface area contributed by atoms with Crippen LogP contribution in [0.3, 0.4) is 0 Å². The summed E-state index contributed by atoms with van der Waals surface area (Å²) in [4.78, 5) is 12.0. The van der Waals surface area contributed by atoms with E-state index in [0.717, 1.165) is 0 Å². The number of amides is 1. The average Bonchev–Trinajstić information content (AvgIpc) is 2.43. The lowest BCUT2D eigenvalue weighted by atomic mass is 10.1. The van der Waals surface area contributed by atoms with Gasteiger partial charge in [-0.2, -0.15) is 0 Å². The molecule has 4 N–H and O–H groups in total. The number of nitrogen functional groups attached to an aromatic ring is 1. The highest BCUT2D eigenvalue weighted by atomic mass is 35.5. The van der Waals surface area contributed by atoms with E-state index in [1.54, 1.807) is 24.3 Å². The second-order valence-corrected chi connectivity index (χ2v) is 4.98. The number of halogens is 2. The van der Waals surface area contributed by atoms with Gasteiger partial charge < -0.3 is 16.2 Å². The molecule has 0 aliphatic carbocycles. The lowest BCUT2D eigenvalue weighted by molar-refractivity contribution is 0.0951. The monoisotopic (exact) mass is 310 g/mol. The smallest absolute Gasteiger partial charge is 0.251 e. The molecule has 0 aliphatic heterocycles. The first-order chi connectivity index (χ1) is 9.49. The normalized spacial score (nSPS) is 10.3. The fourth-order valence-corrected chi connectivity index (χ4v) is 2.14. The summed E-state index contributed by atoms with van der Waals surface area (Å²) in [6.07, 6.45) is 0. The van der Waals surface area contributed by atoms with Crippen LogP contribution in [0.2, 0.25) is 10.0 Å². The minimum absolute atomic E-state index is 0.126. The van der Waals surface area contributed by atoms with Crippen molar-refractivity contribution in [2.24, 2.45) is 0 Å². The van der Waals surface area contributed by atoms with Crippen molar-refractivity contribution in [3.05, 3.63) is 57.6 Å². The highest BCUT2D eigenvalue weighted by molar-refractivity contribution is 6.39. The second-order valence-electron chi connectivity index (χ2n) is 4.16. The second kappa shape index (κ2) is 6.03. The molecule has 20 heavy (non-hydrogen) atoms. The maximum atomic E-state index is 12.0. The summed E-state index contributed by atoms with van der Waals surface area (Å²) in [6, 6.07) is 9.65. The van der Waals surface area contributed by atoms with Gasteiger partial charge >= 0.3 is 0 Å². The first-order valence-electron chi connectivity index (χ1n) is 5.78. The van der Waals surface area contributed by atoms with Gasteiger partial charge in [0, 0.05) is 17.7 Å². The van der Waals surface area contributed by atoms with Crippen LogP contribution in [0.5, 0.6) is 5.75 Å². The molecule has 0 aliphatic rings. The maximum Gasteiger partial charge on any atom is 0.251 e. The first-order valence-corrected chi connectivity index (χ1v) is 6.54. The van der Waals surface area contributed by atoms with Gasteiger partial charge in [0.2, 0.25) is 0 Å². The summed E-state index contributed by atoms with van der Waals surface area (Å²) in [5.41, 5.74) is 6.78. The Balaban J connectivity index is 2.11. The molecule has 1 amide bonds. The van der Waals surface area contributed by atoms with Gasteiger partial charge in [-0.1, -0.05) is 41.4 Å². The average molecular weight is 311 g/mol. The molecule has 0 spiro atoms. The molecule has 0 unspecified atom stereocenters. The number of rotatable bonds is 3. The number of carbonyl (C=O) groups excluding carboxylic acids is 1. The van der Waals surface area contributed by atoms with Crippen molar-refractivity contribution in [1.82, 2.24) is 5.32 Å². The van der Waals surface area contributed by atoms with Crippen LogP contribution >= 0.6 is 23.2 Å². The molecule has 0 fully saturated rings. The predicted molar refractivity (Wildman–Crippen MR) is 80.2 cm³/mol. The third-order valence-electron chi connectivity index (χ3n) is 2.77. The minimum atomic E-state index is -0.350. The maximum absolute atomic E-state index is 12.0. The number of aromatic hydroxyl groups is 1. The van der Waals surface area contributed by atoms with E-state index in [2.05, 4.69) is 5.32 Å². The van der Waals surface area contributed by atoms with Gasteiger partial charge in [0.1, 0.15) is 5.75 Å². The van der Waals surface area contributed by atoms with E-state index in [1.165, 1.54) is 12.1 Å². The quantitative estimate of drug-likeness (QED) is 0.762. The Morgan fingerprint density at radius 2 is 1.80 bits per heavy atom. The van der Waals surface area contributed by atoms with E-state index in [1.807, 2.05) is 0 Å². The molecule has 104 valence electrons. The number of carbonyl (C=O) groups is 1. The third-order valence-corrected chi connectivity index (χ3v) is 3.40. The molecule has 0 heterocycles. The predicted octanol–water partition coefficient (Wildman–Crippen LogP) is 3.21. The van der Waals surface area contributed by atoms with Crippen LogP contribution in [-0.4, -0.2) is 11.0 Å². The summed E-state index contributed by atoms with van der Waals surface area (Å²) in [5.74, 6) is -0.224. The summed E-state index contributed by atoms with van der Waals surface area (Å²) in [5, 5.41) is 12.7. The number of hydrogen-bond acceptors (Lipinski definition) is 3. The molecule has 0 bridgehead atoms. The molecule has 2 aromatic rings. The zero-order valence-corrected chi connectivity index (χ0v) is 11.9. The molecule has 0 atom stereocenters. The van der Waals surface area contributed by atoms with Crippen molar-refractivity contribution in [2.45, 2.75) is 6.54 Å². The van der Waals surface area contributed by atoms with Crippen molar-refractivity contribution in [3.63, 3.8) is 0 Å². The fraction of sp³-hybridized carbons (Fsp3) is 0.0714. The first kappa shape index (κ1) is 14.5. The van der Waals surface area contributed by atoms with Crippen LogP contribution < -0.4 is 11.1 Å². The van der Waals surface area contributed by atoms with Crippen LogP contribution in [-0.2, 0) is 6.54 Å². The van der Waals surface area contributed by atoms with Gasteiger partial charge in [-0.15, -0.1) is 0 Å². The van der Waals surface area contributed by atoms with E-state index in [0.29, 0.717) is 11.1 Å². The molecule has 2 rings (SSSR count). The lowest BCUT2D eigenvalue weighted by Gasteiger charge is -2.09. The molecule has 0 saturated carbocycles. The van der Waals surface area contributed by atoms with Gasteiger partial charge in [-0.25, -0.2) is 0 Å². The number of nitrogens with one attached hydrogen (secondary N) is 1. The Morgan fingerprint density at radius 3 is 2.40 bits per heavy atom. The van der Waals surface area contributed by atoms with Crippen LogP contribution in [0.1, 0.15) is 15.9 Å². The highest BCUT2D eigenvalue weighted by Gasteiger charge is 2.11. The van der Waals surface area contributed by atoms with Gasteiger partial charge in [-0.05, 0) is 18.2 Å². The summed E-state index contributed by atoms with van der Waals surface area (Å²) in [6.45, 7) is 0.200. The molecular weight excluding hydrogens is 299 g/mol. The van der Waals surface area contributed by atoms with Crippen molar-refractivity contribution >= 4 is 34.8 Å². The molecule has 2 aromatic carbocycles. The number of phenols is 1. The Kier molecular flexibility index (Phi) is 4.37. The van der Waals surface area contributed by atoms with Gasteiger partial charge in [-0.3, -0.25) is 4.79 Å². The number of benzene rings is 2. The molecule has 4 nitrogen and oxygen atoms in total. The van der Waals surface area contributed by atoms with Crippen LogP contribution in [0.4, 0.5) is 5.69 Å². The van der Waals surface area contributed by atoms with Gasteiger partial charge in [0.05, 0.1) is 15.7 Å². The van der Waals surface area contributed by atoms with Crippen molar-refractivity contribution in [1.29, 1.82) is 0 Å². The SMILES string of the molecule is Nc1c(Cl)cc(C(=O)NCc2ccccc2O)cc1Cl. The Bertz CT molecular complexity index is 636. The zero-order valence-electron chi connectivity index (χ0n) is 10.4. The van der Waals surface area contributed by atoms with E-state index in [-0.39, 0.29) is 33.9 Å². The minimum Gasteiger partial charge on any atom is -0.508 e. The number of para-hydroxylation sites is 1. The summed E-state index contributed by atoms with van der Waals surface area (Å²) >= 11 is 11.8. The Morgan fingerprint density at radius 1 is 1.20 bits per heavy atom. The largest absolute Gasteiger partial charge is 0.508 e. The number of anilines is 1. The highest BCUT2D eigenvalue weighted by Crippen LogP contribution is 2.28. The molecule has 0 saturated heterocycles. The molecular formula is C14H12Cl2N2O2. The molecule has 0 aromatic heterocycles. The van der Waals surface area contributed by atoms with Crippen LogP contribution in [0.15, 0.2) is 36.4 Å². The van der Waals surface area contributed by atoms with Crippen molar-refractivity contribution < 1.29 is 9.90 Å². The van der Waals surface area contributed by atoms with Gasteiger partial charge in [0.25, 0.3) is 5.91 Å². The topological polar surface area (TPSA) is 75.4 Å². The van der Waals surface area contributed by atoms with Crippen molar-refractivity contribution in [3.8, 4) is 5.75 Å². The third kappa shape index (κ3) is 3.15.